The van der Waals surface area contributed by atoms with Gasteiger partial charge >= 0.3 is 6.03 Å². The number of rotatable bonds is 9. The fourth-order valence-corrected chi connectivity index (χ4v) is 1.75. The van der Waals surface area contributed by atoms with E-state index in [2.05, 4.69) is 17.6 Å². The molecule has 0 spiro atoms. The zero-order valence-corrected chi connectivity index (χ0v) is 13.1. The maximum atomic E-state index is 11.7. The molecule has 0 aromatic heterocycles. The van der Waals surface area contributed by atoms with Gasteiger partial charge in [0.1, 0.15) is 0 Å². The Balaban J connectivity index is 2.33. The van der Waals surface area contributed by atoms with E-state index in [1.54, 1.807) is 13.0 Å². The molecule has 1 rings (SSSR count). The van der Waals surface area contributed by atoms with E-state index in [1.165, 1.54) is 12.1 Å². The first kappa shape index (κ1) is 17.9. The van der Waals surface area contributed by atoms with E-state index in [9.17, 15) is 14.9 Å². The van der Waals surface area contributed by atoms with Crippen molar-refractivity contribution in [2.24, 2.45) is 0 Å². The summed E-state index contributed by atoms with van der Waals surface area (Å²) >= 11 is 0. The number of urea groups is 1. The Morgan fingerprint density at radius 1 is 1.32 bits per heavy atom. The van der Waals surface area contributed by atoms with Gasteiger partial charge in [0, 0.05) is 31.9 Å². The molecule has 0 heterocycles. The Morgan fingerprint density at radius 2 is 2.05 bits per heavy atom. The maximum Gasteiger partial charge on any atom is 0.319 e. The molecule has 0 unspecified atom stereocenters. The lowest BCUT2D eigenvalue weighted by molar-refractivity contribution is -0.384. The number of amides is 2. The molecular weight excluding hydrogens is 286 g/mol. The van der Waals surface area contributed by atoms with Gasteiger partial charge in [0.05, 0.1) is 10.6 Å². The quantitative estimate of drug-likeness (QED) is 0.416. The van der Waals surface area contributed by atoms with Crippen LogP contribution in [-0.4, -0.2) is 30.7 Å². The Morgan fingerprint density at radius 3 is 2.73 bits per heavy atom. The number of nitro groups is 1. The first-order valence-corrected chi connectivity index (χ1v) is 7.42. The second-order valence-electron chi connectivity index (χ2n) is 4.96. The molecule has 1 aromatic carbocycles. The summed E-state index contributed by atoms with van der Waals surface area (Å²) in [6.07, 6.45) is 2.87. The monoisotopic (exact) mass is 309 g/mol. The predicted octanol–water partition coefficient (Wildman–Crippen LogP) is 3.23. The molecule has 0 aliphatic heterocycles. The Hall–Kier alpha value is -2.15. The van der Waals surface area contributed by atoms with Gasteiger partial charge in [0.2, 0.25) is 0 Å². The fourth-order valence-electron chi connectivity index (χ4n) is 1.75. The molecule has 22 heavy (non-hydrogen) atoms. The van der Waals surface area contributed by atoms with Gasteiger partial charge in [-0.15, -0.1) is 0 Å². The van der Waals surface area contributed by atoms with Crippen LogP contribution in [0, 0.1) is 17.0 Å². The highest BCUT2D eigenvalue weighted by molar-refractivity contribution is 5.90. The summed E-state index contributed by atoms with van der Waals surface area (Å²) in [5.74, 6) is 0. The molecule has 0 radical (unpaired) electrons. The smallest absolute Gasteiger partial charge is 0.319 e. The van der Waals surface area contributed by atoms with Crippen LogP contribution in [0.5, 0.6) is 0 Å². The van der Waals surface area contributed by atoms with Crippen LogP contribution in [0.1, 0.15) is 31.7 Å². The van der Waals surface area contributed by atoms with Crippen molar-refractivity contribution < 1.29 is 14.5 Å². The van der Waals surface area contributed by atoms with Gasteiger partial charge in [0.15, 0.2) is 0 Å². The number of nitrogens with zero attached hydrogens (tertiary/aromatic N) is 1. The van der Waals surface area contributed by atoms with E-state index in [-0.39, 0.29) is 11.7 Å². The second kappa shape index (κ2) is 9.73. The van der Waals surface area contributed by atoms with Crippen molar-refractivity contribution in [3.63, 3.8) is 0 Å². The average molecular weight is 309 g/mol. The molecule has 0 saturated heterocycles. The van der Waals surface area contributed by atoms with E-state index in [0.29, 0.717) is 18.8 Å². The van der Waals surface area contributed by atoms with Crippen LogP contribution >= 0.6 is 0 Å². The Bertz CT molecular complexity index is 506. The molecular formula is C15H23N3O4. The van der Waals surface area contributed by atoms with Gasteiger partial charge in [-0.1, -0.05) is 19.4 Å². The minimum atomic E-state index is -0.490. The van der Waals surface area contributed by atoms with Gasteiger partial charge < -0.3 is 15.4 Å². The molecule has 0 atom stereocenters. The topological polar surface area (TPSA) is 93.5 Å². The summed E-state index contributed by atoms with van der Waals surface area (Å²) < 4.78 is 5.39. The van der Waals surface area contributed by atoms with Crippen LogP contribution in [0.2, 0.25) is 0 Å². The lowest BCUT2D eigenvalue weighted by atomic mass is 10.2. The number of benzene rings is 1. The van der Waals surface area contributed by atoms with Crippen molar-refractivity contribution >= 4 is 17.4 Å². The number of nitro benzene ring substituents is 1. The van der Waals surface area contributed by atoms with Gasteiger partial charge in [-0.25, -0.2) is 4.79 Å². The van der Waals surface area contributed by atoms with Crippen molar-refractivity contribution in [3.05, 3.63) is 33.9 Å². The molecule has 0 fully saturated rings. The van der Waals surface area contributed by atoms with Gasteiger partial charge in [-0.05, 0) is 25.3 Å². The van der Waals surface area contributed by atoms with E-state index in [4.69, 9.17) is 4.74 Å². The van der Waals surface area contributed by atoms with Crippen LogP contribution in [-0.2, 0) is 4.74 Å². The van der Waals surface area contributed by atoms with Crippen LogP contribution < -0.4 is 10.6 Å². The number of carbonyl (C=O) groups is 1. The fraction of sp³-hybridized carbons (Fsp3) is 0.533. The number of ether oxygens (including phenoxy) is 1. The first-order chi connectivity index (χ1) is 10.5. The van der Waals surface area contributed by atoms with Crippen LogP contribution in [0.4, 0.5) is 16.2 Å². The number of aryl methyl sites for hydroxylation is 1. The van der Waals surface area contributed by atoms with Crippen LogP contribution in [0.25, 0.3) is 0 Å². The number of non-ortho nitro benzene ring substituents is 1. The zero-order valence-electron chi connectivity index (χ0n) is 13.1. The molecule has 2 amide bonds. The summed E-state index contributed by atoms with van der Waals surface area (Å²) in [5.41, 5.74) is 1.15. The molecule has 0 bridgehead atoms. The van der Waals surface area contributed by atoms with Crippen LogP contribution in [0.15, 0.2) is 18.2 Å². The Labute approximate surface area is 130 Å². The third-order valence-corrected chi connectivity index (χ3v) is 3.07. The number of unbranched alkanes of at least 4 members (excludes halogenated alkanes) is 1. The third kappa shape index (κ3) is 6.53. The molecule has 0 saturated carbocycles. The Kier molecular flexibility index (Phi) is 7.91. The second-order valence-corrected chi connectivity index (χ2v) is 4.96. The molecule has 7 heteroatoms. The van der Waals surface area contributed by atoms with E-state index in [0.717, 1.165) is 31.4 Å². The number of hydrogen-bond donors (Lipinski definition) is 2. The average Bonchev–Trinajstić information content (AvgIpc) is 2.48. The lowest BCUT2D eigenvalue weighted by Crippen LogP contribution is -2.30. The van der Waals surface area contributed by atoms with Crippen LogP contribution in [0.3, 0.4) is 0 Å². The number of anilines is 1. The minimum absolute atomic E-state index is 0.0507. The third-order valence-electron chi connectivity index (χ3n) is 3.07. The number of carbonyl (C=O) groups excluding carboxylic acids is 1. The van der Waals surface area contributed by atoms with Gasteiger partial charge in [-0.3, -0.25) is 10.1 Å². The van der Waals surface area contributed by atoms with Gasteiger partial charge in [-0.2, -0.15) is 0 Å². The molecule has 122 valence electrons. The summed E-state index contributed by atoms with van der Waals surface area (Å²) in [7, 11) is 0. The molecule has 0 aliphatic rings. The zero-order chi connectivity index (χ0) is 16.4. The van der Waals surface area contributed by atoms with Crippen molar-refractivity contribution in [2.45, 2.75) is 33.1 Å². The summed E-state index contributed by atoms with van der Waals surface area (Å²) in [4.78, 5) is 22.0. The van der Waals surface area contributed by atoms with E-state index in [1.807, 2.05) is 0 Å². The van der Waals surface area contributed by atoms with Gasteiger partial charge in [0.25, 0.3) is 5.69 Å². The van der Waals surface area contributed by atoms with E-state index < -0.39 is 4.92 Å². The predicted molar refractivity (Wildman–Crippen MR) is 85.2 cm³/mol. The van der Waals surface area contributed by atoms with E-state index >= 15 is 0 Å². The highest BCUT2D eigenvalue weighted by Crippen LogP contribution is 2.21. The summed E-state index contributed by atoms with van der Waals surface area (Å²) in [5, 5.41) is 16.1. The first-order valence-electron chi connectivity index (χ1n) is 7.42. The molecule has 7 nitrogen and oxygen atoms in total. The highest BCUT2D eigenvalue weighted by atomic mass is 16.6. The SMILES string of the molecule is CCCCOCCCNC(=O)Nc1cc([N+](=O)[O-])ccc1C. The van der Waals surface area contributed by atoms with Crippen molar-refractivity contribution in [3.8, 4) is 0 Å². The van der Waals surface area contributed by atoms with Crippen molar-refractivity contribution in [2.75, 3.05) is 25.1 Å². The minimum Gasteiger partial charge on any atom is -0.381 e. The molecule has 0 aliphatic carbocycles. The number of nitrogens with one attached hydrogen (secondary N) is 2. The van der Waals surface area contributed by atoms with Crippen molar-refractivity contribution in [1.29, 1.82) is 0 Å². The van der Waals surface area contributed by atoms with Crippen molar-refractivity contribution in [1.82, 2.24) is 5.32 Å². The lowest BCUT2D eigenvalue weighted by Gasteiger charge is -2.10. The molecule has 1 aromatic rings. The normalized spacial score (nSPS) is 10.3. The maximum absolute atomic E-state index is 11.7. The summed E-state index contributed by atoms with van der Waals surface area (Å²) in [6, 6.07) is 3.99. The molecule has 2 N–H and O–H groups in total. The highest BCUT2D eigenvalue weighted by Gasteiger charge is 2.10. The standard InChI is InChI=1S/C15H23N3O4/c1-3-4-9-22-10-5-8-16-15(19)17-14-11-13(18(20)21)7-6-12(14)2/h6-7,11H,3-5,8-10H2,1-2H3,(H2,16,17,19). The summed E-state index contributed by atoms with van der Waals surface area (Å²) in [6.45, 7) is 5.73. The largest absolute Gasteiger partial charge is 0.381 e. The number of hydrogen-bond acceptors (Lipinski definition) is 4.